The number of carbonyl (C=O) groups is 1. The number of nitrogens with zero attached hydrogens (tertiary/aromatic N) is 3. The molecular formula is C18H21N3O4S. The molecule has 0 fully saturated rings. The maximum absolute atomic E-state index is 12.7. The zero-order valence-corrected chi connectivity index (χ0v) is 16.0. The molecule has 1 atom stereocenters. The van der Waals surface area contributed by atoms with Gasteiger partial charge < -0.3 is 13.7 Å². The number of rotatable bonds is 7. The molecule has 0 aliphatic rings. The Balaban J connectivity index is 1.85. The molecule has 0 amide bonds. The van der Waals surface area contributed by atoms with Gasteiger partial charge in [0.25, 0.3) is 5.89 Å². The molecule has 0 bridgehead atoms. The van der Waals surface area contributed by atoms with E-state index in [1.165, 1.54) is 11.3 Å². The van der Waals surface area contributed by atoms with E-state index in [4.69, 9.17) is 9.15 Å². The zero-order valence-electron chi connectivity index (χ0n) is 15.2. The maximum Gasteiger partial charge on any atom is 0.437 e. The standard InChI is InChI=1S/C18H21N3O4S/c1-11-8-14(13(3)21(11)12(2)10-24-4)15(22)9-20-18(23)25-17(19-20)16-6-5-7-26-16/h5-8,12H,9-10H2,1-4H3. The summed E-state index contributed by atoms with van der Waals surface area (Å²) in [5, 5.41) is 6.01. The van der Waals surface area contributed by atoms with Crippen molar-refractivity contribution in [1.82, 2.24) is 14.3 Å². The van der Waals surface area contributed by atoms with Gasteiger partial charge in [0.2, 0.25) is 0 Å². The van der Waals surface area contributed by atoms with Crippen molar-refractivity contribution in [2.75, 3.05) is 13.7 Å². The highest BCUT2D eigenvalue weighted by Gasteiger charge is 2.21. The number of thiophene rings is 1. The first-order valence-electron chi connectivity index (χ1n) is 8.24. The Kier molecular flexibility index (Phi) is 5.24. The molecule has 3 aromatic heterocycles. The van der Waals surface area contributed by atoms with Gasteiger partial charge in [0.1, 0.15) is 6.54 Å². The topological polar surface area (TPSA) is 79.3 Å². The van der Waals surface area contributed by atoms with Crippen molar-refractivity contribution in [3.63, 3.8) is 0 Å². The summed E-state index contributed by atoms with van der Waals surface area (Å²) < 4.78 is 13.5. The summed E-state index contributed by atoms with van der Waals surface area (Å²) in [6.07, 6.45) is 0. The Morgan fingerprint density at radius 1 is 1.42 bits per heavy atom. The number of hydrogen-bond acceptors (Lipinski definition) is 6. The first-order valence-corrected chi connectivity index (χ1v) is 9.12. The van der Waals surface area contributed by atoms with Gasteiger partial charge in [0.05, 0.1) is 17.5 Å². The monoisotopic (exact) mass is 375 g/mol. The van der Waals surface area contributed by atoms with E-state index in [0.29, 0.717) is 12.2 Å². The summed E-state index contributed by atoms with van der Waals surface area (Å²) in [6.45, 7) is 6.28. The summed E-state index contributed by atoms with van der Waals surface area (Å²) in [4.78, 5) is 25.5. The highest BCUT2D eigenvalue weighted by Crippen LogP contribution is 2.23. The first kappa shape index (κ1) is 18.3. The summed E-state index contributed by atoms with van der Waals surface area (Å²) in [5.74, 6) is -0.581. The van der Waals surface area contributed by atoms with Crippen molar-refractivity contribution in [1.29, 1.82) is 0 Å². The minimum absolute atomic E-state index is 0.113. The molecule has 0 aliphatic heterocycles. The van der Waals surface area contributed by atoms with Crippen LogP contribution in [0.15, 0.2) is 32.8 Å². The molecule has 0 aromatic carbocycles. The SMILES string of the molecule is COCC(C)n1c(C)cc(C(=O)Cn2nc(-c3cccs3)oc2=O)c1C. The van der Waals surface area contributed by atoms with E-state index in [-0.39, 0.29) is 24.3 Å². The fraction of sp³-hybridized carbons (Fsp3) is 0.389. The average molecular weight is 375 g/mol. The average Bonchev–Trinajstić information content (AvgIpc) is 3.28. The van der Waals surface area contributed by atoms with Crippen LogP contribution in [0, 0.1) is 13.8 Å². The fourth-order valence-electron chi connectivity index (χ4n) is 3.18. The molecule has 0 saturated carbocycles. The number of ether oxygens (including phenoxy) is 1. The zero-order chi connectivity index (χ0) is 18.8. The van der Waals surface area contributed by atoms with Gasteiger partial charge in [-0.3, -0.25) is 4.79 Å². The maximum atomic E-state index is 12.7. The van der Waals surface area contributed by atoms with E-state index in [2.05, 4.69) is 9.67 Å². The van der Waals surface area contributed by atoms with Crippen LogP contribution in [0.25, 0.3) is 10.8 Å². The lowest BCUT2D eigenvalue weighted by Gasteiger charge is -2.17. The van der Waals surface area contributed by atoms with E-state index in [1.54, 1.807) is 7.11 Å². The predicted octanol–water partition coefficient (Wildman–Crippen LogP) is 3.07. The van der Waals surface area contributed by atoms with Crippen LogP contribution in [0.1, 0.15) is 34.7 Å². The van der Waals surface area contributed by atoms with E-state index in [9.17, 15) is 9.59 Å². The van der Waals surface area contributed by atoms with Crippen LogP contribution >= 0.6 is 11.3 Å². The van der Waals surface area contributed by atoms with E-state index < -0.39 is 5.76 Å². The number of aromatic nitrogens is 3. The molecule has 7 nitrogen and oxygen atoms in total. The molecule has 1 unspecified atom stereocenters. The summed E-state index contributed by atoms with van der Waals surface area (Å²) >= 11 is 1.42. The summed E-state index contributed by atoms with van der Waals surface area (Å²) in [7, 11) is 1.65. The third kappa shape index (κ3) is 3.42. The lowest BCUT2D eigenvalue weighted by molar-refractivity contribution is 0.0963. The lowest BCUT2D eigenvalue weighted by atomic mass is 10.1. The predicted molar refractivity (Wildman–Crippen MR) is 98.9 cm³/mol. The Labute approximate surface area is 154 Å². The van der Waals surface area contributed by atoms with Gasteiger partial charge in [-0.05, 0) is 38.3 Å². The molecule has 138 valence electrons. The van der Waals surface area contributed by atoms with E-state index in [0.717, 1.165) is 20.9 Å². The number of carbonyl (C=O) groups excluding carboxylic acids is 1. The molecule has 0 spiro atoms. The summed E-state index contributed by atoms with van der Waals surface area (Å²) in [5.41, 5.74) is 2.41. The van der Waals surface area contributed by atoms with Crippen molar-refractivity contribution < 1.29 is 13.9 Å². The smallest absolute Gasteiger partial charge is 0.387 e. The number of aryl methyl sites for hydroxylation is 1. The molecule has 0 N–H and O–H groups in total. The Bertz CT molecular complexity index is 965. The summed E-state index contributed by atoms with van der Waals surface area (Å²) in [6, 6.07) is 5.61. The van der Waals surface area contributed by atoms with Crippen LogP contribution in [-0.2, 0) is 11.3 Å². The molecule has 3 rings (SSSR count). The number of ketones is 1. The van der Waals surface area contributed by atoms with Crippen molar-refractivity contribution in [3.05, 3.63) is 51.1 Å². The third-order valence-corrected chi connectivity index (χ3v) is 5.12. The Hall–Kier alpha value is -2.45. The van der Waals surface area contributed by atoms with Crippen molar-refractivity contribution in [2.24, 2.45) is 0 Å². The van der Waals surface area contributed by atoms with Crippen LogP contribution < -0.4 is 5.76 Å². The molecule has 0 aliphatic carbocycles. The van der Waals surface area contributed by atoms with Gasteiger partial charge in [-0.15, -0.1) is 16.4 Å². The van der Waals surface area contributed by atoms with Gasteiger partial charge in [0, 0.05) is 24.1 Å². The second-order valence-electron chi connectivity index (χ2n) is 6.19. The minimum atomic E-state index is -0.636. The molecule has 26 heavy (non-hydrogen) atoms. The number of Topliss-reactive ketones (excluding diaryl/α,β-unsaturated/α-hetero) is 1. The second-order valence-corrected chi connectivity index (χ2v) is 7.14. The van der Waals surface area contributed by atoms with Gasteiger partial charge in [-0.1, -0.05) is 6.07 Å². The minimum Gasteiger partial charge on any atom is -0.387 e. The highest BCUT2D eigenvalue weighted by atomic mass is 32.1. The van der Waals surface area contributed by atoms with Gasteiger partial charge in [-0.2, -0.15) is 4.68 Å². The Morgan fingerprint density at radius 3 is 2.85 bits per heavy atom. The molecule has 0 saturated heterocycles. The molecule has 3 aromatic rings. The van der Waals surface area contributed by atoms with Crippen LogP contribution in [-0.4, -0.2) is 33.8 Å². The number of methoxy groups -OCH3 is 1. The Morgan fingerprint density at radius 2 is 2.19 bits per heavy atom. The van der Waals surface area contributed by atoms with Crippen LogP contribution in [0.3, 0.4) is 0 Å². The van der Waals surface area contributed by atoms with Crippen LogP contribution in [0.5, 0.6) is 0 Å². The highest BCUT2D eigenvalue weighted by molar-refractivity contribution is 7.13. The number of hydrogen-bond donors (Lipinski definition) is 0. The molecule has 0 radical (unpaired) electrons. The largest absolute Gasteiger partial charge is 0.437 e. The fourth-order valence-corrected chi connectivity index (χ4v) is 3.82. The van der Waals surface area contributed by atoms with E-state index >= 15 is 0 Å². The van der Waals surface area contributed by atoms with Crippen LogP contribution in [0.2, 0.25) is 0 Å². The van der Waals surface area contributed by atoms with Gasteiger partial charge in [-0.25, -0.2) is 4.79 Å². The second kappa shape index (κ2) is 7.43. The normalized spacial score (nSPS) is 12.5. The van der Waals surface area contributed by atoms with Crippen molar-refractivity contribution in [3.8, 4) is 10.8 Å². The molecule has 3 heterocycles. The van der Waals surface area contributed by atoms with Crippen LogP contribution in [0.4, 0.5) is 0 Å². The third-order valence-electron chi connectivity index (χ3n) is 4.27. The molecular weight excluding hydrogens is 354 g/mol. The van der Waals surface area contributed by atoms with E-state index in [1.807, 2.05) is 44.4 Å². The van der Waals surface area contributed by atoms with Gasteiger partial charge in [0.15, 0.2) is 5.78 Å². The van der Waals surface area contributed by atoms with Crippen molar-refractivity contribution in [2.45, 2.75) is 33.4 Å². The van der Waals surface area contributed by atoms with Gasteiger partial charge >= 0.3 is 5.76 Å². The first-order chi connectivity index (χ1) is 12.4. The quantitative estimate of drug-likeness (QED) is 0.593. The molecule has 8 heteroatoms. The van der Waals surface area contributed by atoms with Crippen molar-refractivity contribution >= 4 is 17.1 Å². The lowest BCUT2D eigenvalue weighted by Crippen LogP contribution is -2.22.